The van der Waals surface area contributed by atoms with Crippen molar-refractivity contribution in [2.75, 3.05) is 39.3 Å². The number of aromatic nitrogens is 2. The lowest BCUT2D eigenvalue weighted by molar-refractivity contribution is -0.000854. The molecule has 3 aliphatic heterocycles. The Morgan fingerprint density at radius 3 is 2.43 bits per heavy atom. The number of phenols is 1. The van der Waals surface area contributed by atoms with E-state index in [0.717, 1.165) is 95.1 Å². The summed E-state index contributed by atoms with van der Waals surface area (Å²) in [4.78, 5) is 35.7. The summed E-state index contributed by atoms with van der Waals surface area (Å²) in [6.07, 6.45) is 11.5. The van der Waals surface area contributed by atoms with E-state index in [1.54, 1.807) is 29.4 Å². The van der Waals surface area contributed by atoms with Gasteiger partial charge in [-0.3, -0.25) is 14.7 Å². The Balaban J connectivity index is 0.902. The van der Waals surface area contributed by atoms with Gasteiger partial charge in [0, 0.05) is 36.3 Å². The second kappa shape index (κ2) is 17.7. The highest BCUT2D eigenvalue weighted by atomic mass is 16.5. The van der Waals surface area contributed by atoms with Crippen molar-refractivity contribution in [1.29, 1.82) is 0 Å². The number of nitrogens with zero attached hydrogens (tertiary/aromatic N) is 3. The minimum atomic E-state index is -0.899. The van der Waals surface area contributed by atoms with E-state index in [4.69, 9.17) is 4.74 Å². The summed E-state index contributed by atoms with van der Waals surface area (Å²) in [6, 6.07) is 17.5. The molecule has 272 valence electrons. The summed E-state index contributed by atoms with van der Waals surface area (Å²) < 4.78 is 6.13. The second-order valence-electron chi connectivity index (χ2n) is 14.0. The zero-order valence-electron chi connectivity index (χ0n) is 29.3. The fourth-order valence-corrected chi connectivity index (χ4v) is 7.83. The van der Waals surface area contributed by atoms with Gasteiger partial charge in [0.25, 0.3) is 0 Å². The van der Waals surface area contributed by atoms with Crippen molar-refractivity contribution in [3.05, 3.63) is 100 Å². The number of aliphatic hydroxyl groups is 1. The van der Waals surface area contributed by atoms with Crippen LogP contribution < -0.4 is 15.6 Å². The number of aromatic amines is 1. The molecule has 3 aliphatic rings. The third-order valence-corrected chi connectivity index (χ3v) is 10.5. The monoisotopic (exact) mass is 697 g/mol. The van der Waals surface area contributed by atoms with Crippen LogP contribution in [0.5, 0.6) is 11.5 Å². The Kier molecular flexibility index (Phi) is 12.6. The number of phenolic OH excluding ortho intramolecular Hbond substituents is 1. The van der Waals surface area contributed by atoms with Crippen LogP contribution in [0.3, 0.4) is 0 Å². The number of amides is 1. The highest BCUT2D eigenvalue weighted by Crippen LogP contribution is 2.39. The molecular formula is C40H51N5O6. The van der Waals surface area contributed by atoms with Crippen LogP contribution in [0.25, 0.3) is 10.9 Å². The lowest BCUT2D eigenvalue weighted by atomic mass is 9.81. The molecule has 1 unspecified atom stereocenters. The molecule has 0 saturated carbocycles. The minimum absolute atomic E-state index is 0.0144. The zero-order valence-corrected chi connectivity index (χ0v) is 29.3. The highest BCUT2D eigenvalue weighted by molar-refractivity contribution is 5.87. The fraction of sp³-hybridized carbons (Fsp3) is 0.475. The Hall–Kier alpha value is -4.45. The van der Waals surface area contributed by atoms with Gasteiger partial charge >= 0.3 is 6.09 Å². The number of hydrogen-bond acceptors (Lipinski definition) is 8. The maximum absolute atomic E-state index is 12.9. The lowest BCUT2D eigenvalue weighted by Gasteiger charge is -2.50. The first kappa shape index (κ1) is 36.3. The molecule has 5 heterocycles. The molecule has 1 amide bonds. The summed E-state index contributed by atoms with van der Waals surface area (Å²) in [5, 5.41) is 35.3. The minimum Gasteiger partial charge on any atom is -0.506 e. The number of nitrogens with one attached hydrogen (secondary N) is 2. The molecular weight excluding hydrogens is 646 g/mol. The first-order valence-corrected chi connectivity index (χ1v) is 18.5. The molecule has 11 nitrogen and oxygen atoms in total. The predicted octanol–water partition coefficient (Wildman–Crippen LogP) is 6.23. The molecule has 0 spiro atoms. The Bertz CT molecular complexity index is 1780. The average molecular weight is 698 g/mol. The molecule has 2 aromatic heterocycles. The molecule has 2 aromatic carbocycles. The van der Waals surface area contributed by atoms with Crippen LogP contribution in [0.2, 0.25) is 0 Å². The number of carboxylic acid groups (broad SMARTS) is 1. The molecule has 0 aliphatic carbocycles. The number of rotatable bonds is 18. The maximum Gasteiger partial charge on any atom is 0.408 e. The molecule has 3 atom stereocenters. The number of unbranched alkanes of at least 4 members (excludes halogenated alkanes) is 6. The van der Waals surface area contributed by atoms with Crippen LogP contribution >= 0.6 is 0 Å². The van der Waals surface area contributed by atoms with Crippen LogP contribution in [0.4, 0.5) is 4.79 Å². The first-order valence-electron chi connectivity index (χ1n) is 18.5. The van der Waals surface area contributed by atoms with Gasteiger partial charge in [-0.15, -0.1) is 0 Å². The SMILES string of the molecule is O=C(O)N(C(c1ccccc1)c1cncc(OCCCCCCCCCNC[C@H](O)c2ccc(O)c3[nH]c(=O)ccc23)c1)[C@H]1CN2CCC1CC2. The molecule has 0 radical (unpaired) electrons. The number of ether oxygens (including phenoxy) is 1. The van der Waals surface area contributed by atoms with Crippen molar-refractivity contribution in [3.63, 3.8) is 0 Å². The number of pyridine rings is 2. The van der Waals surface area contributed by atoms with Crippen molar-refractivity contribution >= 4 is 17.0 Å². The number of H-pyrrole nitrogens is 1. The van der Waals surface area contributed by atoms with Crippen LogP contribution in [-0.4, -0.2) is 86.6 Å². The molecule has 4 aromatic rings. The summed E-state index contributed by atoms with van der Waals surface area (Å²) in [6.45, 7) is 4.65. The third kappa shape index (κ3) is 9.27. The molecule has 5 N–H and O–H groups in total. The molecule has 51 heavy (non-hydrogen) atoms. The van der Waals surface area contributed by atoms with Gasteiger partial charge in [-0.05, 0) is 80.6 Å². The Morgan fingerprint density at radius 2 is 1.71 bits per heavy atom. The smallest absolute Gasteiger partial charge is 0.408 e. The van der Waals surface area contributed by atoms with Crippen LogP contribution in [0.1, 0.15) is 86.6 Å². The summed E-state index contributed by atoms with van der Waals surface area (Å²) in [5.74, 6) is 1.02. The molecule has 3 fully saturated rings. The largest absolute Gasteiger partial charge is 0.506 e. The van der Waals surface area contributed by atoms with Crippen LogP contribution in [0, 0.1) is 5.92 Å². The van der Waals surface area contributed by atoms with Gasteiger partial charge in [0.2, 0.25) is 5.56 Å². The van der Waals surface area contributed by atoms with Crippen molar-refractivity contribution in [2.45, 2.75) is 76.0 Å². The number of aliphatic hydroxyl groups excluding tert-OH is 1. The Labute approximate surface area is 299 Å². The van der Waals surface area contributed by atoms with Crippen molar-refractivity contribution < 1.29 is 24.9 Å². The van der Waals surface area contributed by atoms with Gasteiger partial charge in [0.15, 0.2) is 0 Å². The van der Waals surface area contributed by atoms with E-state index in [-0.39, 0.29) is 17.4 Å². The number of benzene rings is 2. The van der Waals surface area contributed by atoms with Gasteiger partial charge in [-0.25, -0.2) is 4.79 Å². The number of piperidine rings is 3. The second-order valence-corrected chi connectivity index (χ2v) is 14.0. The molecule has 2 bridgehead atoms. The van der Waals surface area contributed by atoms with E-state index in [1.807, 2.05) is 36.4 Å². The van der Waals surface area contributed by atoms with E-state index >= 15 is 0 Å². The average Bonchev–Trinajstić information content (AvgIpc) is 3.15. The van der Waals surface area contributed by atoms with Gasteiger partial charge in [-0.1, -0.05) is 68.5 Å². The van der Waals surface area contributed by atoms with Crippen molar-refractivity contribution in [3.8, 4) is 11.5 Å². The number of hydrogen-bond donors (Lipinski definition) is 5. The van der Waals surface area contributed by atoms with E-state index in [9.17, 15) is 24.9 Å². The quantitative estimate of drug-likeness (QED) is 0.0763. The van der Waals surface area contributed by atoms with Gasteiger partial charge in [0.05, 0.1) is 36.5 Å². The lowest BCUT2D eigenvalue weighted by Crippen LogP contribution is -2.59. The summed E-state index contributed by atoms with van der Waals surface area (Å²) in [5.41, 5.74) is 2.47. The number of fused-ring (bicyclic) bond motifs is 4. The zero-order chi connectivity index (χ0) is 35.6. The van der Waals surface area contributed by atoms with E-state index < -0.39 is 18.2 Å². The number of carbonyl (C=O) groups is 1. The first-order chi connectivity index (χ1) is 24.9. The molecule has 7 rings (SSSR count). The Morgan fingerprint density at radius 1 is 0.961 bits per heavy atom. The summed E-state index contributed by atoms with van der Waals surface area (Å²) in [7, 11) is 0. The standard InChI is InChI=1S/C40H51N5O6/c46-35-15-13-32(33-14-16-37(48)43-38(33)35)36(47)26-41-19-9-4-2-1-3-5-10-22-51-31-23-30(24-42-25-31)39(29-11-7-6-8-12-29)45(40(49)50)34-27-44-20-17-28(34)18-21-44/h6-8,11-16,23-25,28,34,36,39,41,46-47H,1-5,9-10,17-22,26-27H2,(H,43,48)(H,49,50)/t34-,36-,39?/m0/s1. The number of aromatic hydroxyl groups is 1. The normalized spacial score (nSPS) is 19.5. The van der Waals surface area contributed by atoms with E-state index in [1.165, 1.54) is 12.1 Å². The molecule has 3 saturated heterocycles. The maximum atomic E-state index is 12.9. The predicted molar refractivity (Wildman–Crippen MR) is 197 cm³/mol. The van der Waals surface area contributed by atoms with Gasteiger partial charge in [-0.2, -0.15) is 0 Å². The molecule has 11 heteroatoms. The highest BCUT2D eigenvalue weighted by Gasteiger charge is 2.43. The van der Waals surface area contributed by atoms with Crippen molar-refractivity contribution in [2.24, 2.45) is 5.92 Å². The fourth-order valence-electron chi connectivity index (χ4n) is 7.83. The summed E-state index contributed by atoms with van der Waals surface area (Å²) >= 11 is 0. The van der Waals surface area contributed by atoms with E-state index in [0.29, 0.717) is 41.3 Å². The van der Waals surface area contributed by atoms with Gasteiger partial charge in [0.1, 0.15) is 11.5 Å². The van der Waals surface area contributed by atoms with Crippen molar-refractivity contribution in [1.82, 2.24) is 25.1 Å². The van der Waals surface area contributed by atoms with Crippen LogP contribution in [0.15, 0.2) is 77.9 Å². The van der Waals surface area contributed by atoms with Gasteiger partial charge < -0.3 is 35.3 Å². The topological polar surface area (TPSA) is 151 Å². The van der Waals surface area contributed by atoms with Crippen LogP contribution in [-0.2, 0) is 0 Å². The van der Waals surface area contributed by atoms with E-state index in [2.05, 4.69) is 20.2 Å². The third-order valence-electron chi connectivity index (χ3n) is 10.5.